The van der Waals surface area contributed by atoms with Crippen molar-refractivity contribution in [1.82, 2.24) is 4.90 Å². The van der Waals surface area contributed by atoms with Gasteiger partial charge in [-0.2, -0.15) is 0 Å². The quantitative estimate of drug-likeness (QED) is 0.794. The number of amides is 1. The summed E-state index contributed by atoms with van der Waals surface area (Å²) < 4.78 is 13.3. The molecule has 0 bridgehead atoms. The number of rotatable bonds is 8. The molecule has 0 heterocycles. The van der Waals surface area contributed by atoms with Crippen LogP contribution in [0.2, 0.25) is 5.02 Å². The van der Waals surface area contributed by atoms with E-state index in [9.17, 15) is 14.0 Å². The fourth-order valence-corrected chi connectivity index (χ4v) is 2.55. The van der Waals surface area contributed by atoms with Crippen molar-refractivity contribution in [3.8, 4) is 0 Å². The van der Waals surface area contributed by atoms with Gasteiger partial charge in [0.2, 0.25) is 5.91 Å². The Morgan fingerprint density at radius 3 is 2.64 bits per heavy atom. The summed E-state index contributed by atoms with van der Waals surface area (Å²) in [6.45, 7) is 1.92. The number of carboxylic acids is 1. The SMILES string of the molecule is CC[C@H](CCC(=O)O)N(C)C(=O)CCc1cccc(F)c1Cl. The Bertz CT molecular complexity index is 536. The van der Waals surface area contributed by atoms with E-state index in [0.717, 1.165) is 0 Å². The Kier molecular flexibility index (Phi) is 7.32. The van der Waals surface area contributed by atoms with Crippen LogP contribution in [-0.4, -0.2) is 35.0 Å². The van der Waals surface area contributed by atoms with E-state index in [4.69, 9.17) is 16.7 Å². The van der Waals surface area contributed by atoms with Crippen molar-refractivity contribution in [3.05, 3.63) is 34.6 Å². The molecular formula is C16H21ClFNO3. The fourth-order valence-electron chi connectivity index (χ4n) is 2.32. The summed E-state index contributed by atoms with van der Waals surface area (Å²) >= 11 is 5.87. The van der Waals surface area contributed by atoms with Gasteiger partial charge in [-0.1, -0.05) is 30.7 Å². The van der Waals surface area contributed by atoms with Crippen molar-refractivity contribution < 1.29 is 19.1 Å². The lowest BCUT2D eigenvalue weighted by atomic mass is 10.1. The molecule has 1 atom stereocenters. The number of aryl methyl sites for hydroxylation is 1. The normalized spacial score (nSPS) is 12.0. The van der Waals surface area contributed by atoms with Gasteiger partial charge < -0.3 is 10.0 Å². The first-order valence-corrected chi connectivity index (χ1v) is 7.65. The van der Waals surface area contributed by atoms with Crippen LogP contribution < -0.4 is 0 Å². The second kappa shape index (κ2) is 8.73. The number of nitrogens with zero attached hydrogens (tertiary/aromatic N) is 1. The highest BCUT2D eigenvalue weighted by Gasteiger charge is 2.19. The van der Waals surface area contributed by atoms with Gasteiger partial charge in [-0.05, 0) is 30.9 Å². The summed E-state index contributed by atoms with van der Waals surface area (Å²) in [7, 11) is 1.67. The van der Waals surface area contributed by atoms with E-state index in [-0.39, 0.29) is 29.8 Å². The summed E-state index contributed by atoms with van der Waals surface area (Å²) in [5.74, 6) is -1.46. The van der Waals surface area contributed by atoms with Crippen LogP contribution in [0.3, 0.4) is 0 Å². The lowest BCUT2D eigenvalue weighted by molar-refractivity contribution is -0.139. The molecule has 22 heavy (non-hydrogen) atoms. The maximum atomic E-state index is 13.3. The molecule has 0 aliphatic heterocycles. The average molecular weight is 330 g/mol. The Hall–Kier alpha value is -1.62. The molecule has 0 aliphatic carbocycles. The van der Waals surface area contributed by atoms with Crippen LogP contribution in [0.4, 0.5) is 4.39 Å². The van der Waals surface area contributed by atoms with Crippen LogP contribution in [0.5, 0.6) is 0 Å². The topological polar surface area (TPSA) is 57.6 Å². The smallest absolute Gasteiger partial charge is 0.303 e. The number of carbonyl (C=O) groups excluding carboxylic acids is 1. The zero-order valence-corrected chi connectivity index (χ0v) is 13.6. The van der Waals surface area contributed by atoms with Crippen LogP contribution in [0.1, 0.15) is 38.2 Å². The lowest BCUT2D eigenvalue weighted by Gasteiger charge is -2.27. The first kappa shape index (κ1) is 18.4. The molecule has 0 fully saturated rings. The number of carbonyl (C=O) groups is 2. The Balaban J connectivity index is 2.59. The van der Waals surface area contributed by atoms with E-state index in [1.54, 1.807) is 24.1 Å². The molecule has 0 spiro atoms. The number of aliphatic carboxylic acids is 1. The molecule has 0 radical (unpaired) electrons. The minimum absolute atomic E-state index is 0.0336. The van der Waals surface area contributed by atoms with E-state index < -0.39 is 11.8 Å². The van der Waals surface area contributed by atoms with Crippen molar-refractivity contribution in [2.24, 2.45) is 0 Å². The van der Waals surface area contributed by atoms with E-state index in [0.29, 0.717) is 24.8 Å². The van der Waals surface area contributed by atoms with Crippen molar-refractivity contribution in [2.45, 2.75) is 45.1 Å². The highest BCUT2D eigenvalue weighted by molar-refractivity contribution is 6.31. The summed E-state index contributed by atoms with van der Waals surface area (Å²) in [5, 5.41) is 8.78. The second-order valence-electron chi connectivity index (χ2n) is 5.21. The van der Waals surface area contributed by atoms with E-state index in [1.165, 1.54) is 6.07 Å². The average Bonchev–Trinajstić information content (AvgIpc) is 2.48. The number of hydrogen-bond donors (Lipinski definition) is 1. The maximum Gasteiger partial charge on any atom is 0.303 e. The standard InChI is InChI=1S/C16H21ClFNO3/c1-3-12(8-10-15(21)22)19(2)14(20)9-7-11-5-4-6-13(18)16(11)17/h4-6,12H,3,7-10H2,1-2H3,(H,21,22)/t12-/m1/s1. The molecule has 6 heteroatoms. The van der Waals surface area contributed by atoms with Crippen molar-refractivity contribution in [2.75, 3.05) is 7.05 Å². The second-order valence-corrected chi connectivity index (χ2v) is 5.59. The van der Waals surface area contributed by atoms with Crippen molar-refractivity contribution in [3.63, 3.8) is 0 Å². The van der Waals surface area contributed by atoms with Gasteiger partial charge in [0.25, 0.3) is 0 Å². The monoisotopic (exact) mass is 329 g/mol. The van der Waals surface area contributed by atoms with Crippen LogP contribution >= 0.6 is 11.6 Å². The van der Waals surface area contributed by atoms with Crippen LogP contribution in [-0.2, 0) is 16.0 Å². The molecule has 1 amide bonds. The molecule has 0 aliphatic rings. The van der Waals surface area contributed by atoms with Gasteiger partial charge in [-0.25, -0.2) is 4.39 Å². The van der Waals surface area contributed by atoms with Gasteiger partial charge in [0, 0.05) is 25.9 Å². The zero-order chi connectivity index (χ0) is 16.7. The number of benzene rings is 1. The minimum Gasteiger partial charge on any atom is -0.481 e. The summed E-state index contributed by atoms with van der Waals surface area (Å²) in [6, 6.07) is 4.43. The largest absolute Gasteiger partial charge is 0.481 e. The van der Waals surface area contributed by atoms with Crippen LogP contribution in [0.15, 0.2) is 18.2 Å². The zero-order valence-electron chi connectivity index (χ0n) is 12.8. The van der Waals surface area contributed by atoms with Gasteiger partial charge in [0.1, 0.15) is 5.82 Å². The van der Waals surface area contributed by atoms with Gasteiger partial charge in [-0.3, -0.25) is 9.59 Å². The van der Waals surface area contributed by atoms with E-state index in [1.807, 2.05) is 6.92 Å². The fraction of sp³-hybridized carbons (Fsp3) is 0.500. The van der Waals surface area contributed by atoms with Gasteiger partial charge in [-0.15, -0.1) is 0 Å². The third-order valence-corrected chi connectivity index (χ3v) is 4.17. The molecule has 0 aromatic heterocycles. The first-order valence-electron chi connectivity index (χ1n) is 7.27. The molecule has 0 saturated carbocycles. The predicted octanol–water partition coefficient (Wildman–Crippen LogP) is 3.51. The van der Waals surface area contributed by atoms with Crippen LogP contribution in [0.25, 0.3) is 0 Å². The predicted molar refractivity (Wildman–Crippen MR) is 83.4 cm³/mol. The molecule has 122 valence electrons. The molecule has 1 N–H and O–H groups in total. The molecule has 1 rings (SSSR count). The molecule has 0 unspecified atom stereocenters. The minimum atomic E-state index is -0.870. The third kappa shape index (κ3) is 5.30. The molecular weight excluding hydrogens is 309 g/mol. The molecule has 4 nitrogen and oxygen atoms in total. The van der Waals surface area contributed by atoms with Crippen molar-refractivity contribution in [1.29, 1.82) is 0 Å². The van der Waals surface area contributed by atoms with Gasteiger partial charge >= 0.3 is 5.97 Å². The highest BCUT2D eigenvalue weighted by atomic mass is 35.5. The van der Waals surface area contributed by atoms with Gasteiger partial charge in [0.15, 0.2) is 0 Å². The highest BCUT2D eigenvalue weighted by Crippen LogP contribution is 2.21. The Morgan fingerprint density at radius 2 is 2.05 bits per heavy atom. The maximum absolute atomic E-state index is 13.3. The molecule has 0 saturated heterocycles. The van der Waals surface area contributed by atoms with Crippen molar-refractivity contribution >= 4 is 23.5 Å². The Morgan fingerprint density at radius 1 is 1.36 bits per heavy atom. The first-order chi connectivity index (χ1) is 10.4. The molecule has 1 aromatic rings. The summed E-state index contributed by atoms with van der Waals surface area (Å²) in [6.07, 6.45) is 1.72. The lowest BCUT2D eigenvalue weighted by Crippen LogP contribution is -2.37. The summed E-state index contributed by atoms with van der Waals surface area (Å²) in [5.41, 5.74) is 0.599. The van der Waals surface area contributed by atoms with E-state index in [2.05, 4.69) is 0 Å². The van der Waals surface area contributed by atoms with Gasteiger partial charge in [0.05, 0.1) is 5.02 Å². The van der Waals surface area contributed by atoms with E-state index >= 15 is 0 Å². The number of hydrogen-bond acceptors (Lipinski definition) is 2. The van der Waals surface area contributed by atoms with Crippen LogP contribution in [0, 0.1) is 5.82 Å². The molecule has 1 aromatic carbocycles. The third-order valence-electron chi connectivity index (χ3n) is 3.74. The number of carboxylic acid groups (broad SMARTS) is 1. The Labute approximate surface area is 134 Å². The summed E-state index contributed by atoms with van der Waals surface area (Å²) in [4.78, 5) is 24.4. The number of halogens is 2.